The fourth-order valence-corrected chi connectivity index (χ4v) is 2.55. The van der Waals surface area contributed by atoms with Crippen LogP contribution in [0.4, 0.5) is 0 Å². The van der Waals surface area contributed by atoms with E-state index >= 15 is 0 Å². The highest BCUT2D eigenvalue weighted by atomic mass is 16.2. The number of piperidine rings is 1. The third-order valence-corrected chi connectivity index (χ3v) is 3.45. The number of rotatable bonds is 1. The van der Waals surface area contributed by atoms with E-state index < -0.39 is 0 Å². The van der Waals surface area contributed by atoms with Gasteiger partial charge in [-0.3, -0.25) is 4.79 Å². The highest BCUT2D eigenvalue weighted by molar-refractivity contribution is 5.94. The summed E-state index contributed by atoms with van der Waals surface area (Å²) < 4.78 is 0. The van der Waals surface area contributed by atoms with Gasteiger partial charge in [-0.25, -0.2) is 0 Å². The van der Waals surface area contributed by atoms with Gasteiger partial charge in [0.2, 0.25) is 0 Å². The molecule has 0 saturated carbocycles. The summed E-state index contributed by atoms with van der Waals surface area (Å²) in [6, 6.07) is 10.3. The average Bonchev–Trinajstić information content (AvgIpc) is 2.30. The van der Waals surface area contributed by atoms with Gasteiger partial charge in [0.05, 0.1) is 0 Å². The van der Waals surface area contributed by atoms with Crippen molar-refractivity contribution in [1.29, 1.82) is 0 Å². The van der Waals surface area contributed by atoms with Crippen molar-refractivity contribution in [1.82, 2.24) is 4.90 Å². The molecule has 2 rings (SSSR count). The molecule has 0 unspecified atom stereocenters. The SMILES string of the molecule is C[C@@H]1CCC[C@H](C)N1C(=O)c1ccccc1. The lowest BCUT2D eigenvalue weighted by Crippen LogP contribution is -2.47. The molecule has 16 heavy (non-hydrogen) atoms. The molecule has 0 N–H and O–H groups in total. The largest absolute Gasteiger partial charge is 0.333 e. The third kappa shape index (κ3) is 2.11. The number of nitrogens with zero attached hydrogens (tertiary/aromatic N) is 1. The Morgan fingerprint density at radius 1 is 1.12 bits per heavy atom. The van der Waals surface area contributed by atoms with Gasteiger partial charge in [-0.2, -0.15) is 0 Å². The maximum absolute atomic E-state index is 12.3. The Balaban J connectivity index is 2.20. The lowest BCUT2D eigenvalue weighted by atomic mass is 9.96. The van der Waals surface area contributed by atoms with Gasteiger partial charge in [-0.15, -0.1) is 0 Å². The molecule has 1 heterocycles. The van der Waals surface area contributed by atoms with E-state index in [-0.39, 0.29) is 5.91 Å². The van der Waals surface area contributed by atoms with E-state index in [4.69, 9.17) is 0 Å². The molecular weight excluding hydrogens is 198 g/mol. The van der Waals surface area contributed by atoms with Crippen LogP contribution in [0.1, 0.15) is 43.5 Å². The molecule has 2 atom stereocenters. The van der Waals surface area contributed by atoms with E-state index in [1.165, 1.54) is 6.42 Å². The topological polar surface area (TPSA) is 20.3 Å². The van der Waals surface area contributed by atoms with Gasteiger partial charge in [-0.1, -0.05) is 18.2 Å². The van der Waals surface area contributed by atoms with Crippen molar-refractivity contribution in [2.75, 3.05) is 0 Å². The highest BCUT2D eigenvalue weighted by Crippen LogP contribution is 2.24. The van der Waals surface area contributed by atoms with Crippen molar-refractivity contribution in [3.8, 4) is 0 Å². The summed E-state index contributed by atoms with van der Waals surface area (Å²) in [5.41, 5.74) is 0.808. The second kappa shape index (κ2) is 4.69. The van der Waals surface area contributed by atoms with E-state index in [1.54, 1.807) is 0 Å². The van der Waals surface area contributed by atoms with Crippen LogP contribution in [0.3, 0.4) is 0 Å². The van der Waals surface area contributed by atoms with Crippen LogP contribution in [-0.4, -0.2) is 22.9 Å². The molecule has 0 spiro atoms. The van der Waals surface area contributed by atoms with Crippen LogP contribution in [0.15, 0.2) is 30.3 Å². The molecule has 86 valence electrons. The van der Waals surface area contributed by atoms with Crippen LogP contribution < -0.4 is 0 Å². The Morgan fingerprint density at radius 3 is 2.25 bits per heavy atom. The Kier molecular flexibility index (Phi) is 3.28. The summed E-state index contributed by atoms with van der Waals surface area (Å²) in [4.78, 5) is 14.4. The second-order valence-electron chi connectivity index (χ2n) is 4.71. The minimum absolute atomic E-state index is 0.181. The van der Waals surface area contributed by atoms with Crippen LogP contribution in [0.5, 0.6) is 0 Å². The Labute approximate surface area is 97.3 Å². The number of benzene rings is 1. The molecular formula is C14H19NO. The smallest absolute Gasteiger partial charge is 0.254 e. The molecule has 1 fully saturated rings. The van der Waals surface area contributed by atoms with E-state index in [0.29, 0.717) is 12.1 Å². The van der Waals surface area contributed by atoms with Gasteiger partial charge in [0, 0.05) is 17.6 Å². The Bertz CT molecular complexity index is 350. The Morgan fingerprint density at radius 2 is 1.69 bits per heavy atom. The molecule has 1 aliphatic rings. The monoisotopic (exact) mass is 217 g/mol. The molecule has 2 heteroatoms. The number of hydrogen-bond donors (Lipinski definition) is 0. The van der Waals surface area contributed by atoms with Gasteiger partial charge < -0.3 is 4.90 Å². The number of likely N-dealkylation sites (tertiary alicyclic amines) is 1. The van der Waals surface area contributed by atoms with Crippen molar-refractivity contribution in [2.24, 2.45) is 0 Å². The van der Waals surface area contributed by atoms with Crippen molar-refractivity contribution < 1.29 is 4.79 Å². The van der Waals surface area contributed by atoms with Crippen molar-refractivity contribution >= 4 is 5.91 Å². The quantitative estimate of drug-likeness (QED) is 0.708. The molecule has 1 aromatic carbocycles. The zero-order chi connectivity index (χ0) is 11.5. The number of carbonyl (C=O) groups excluding carboxylic acids is 1. The zero-order valence-electron chi connectivity index (χ0n) is 10.0. The summed E-state index contributed by atoms with van der Waals surface area (Å²) >= 11 is 0. The van der Waals surface area contributed by atoms with Gasteiger partial charge >= 0.3 is 0 Å². The van der Waals surface area contributed by atoms with E-state index in [2.05, 4.69) is 13.8 Å². The maximum atomic E-state index is 12.3. The first kappa shape index (κ1) is 11.2. The predicted octanol–water partition coefficient (Wildman–Crippen LogP) is 3.09. The lowest BCUT2D eigenvalue weighted by molar-refractivity contribution is 0.0511. The first-order chi connectivity index (χ1) is 7.70. The summed E-state index contributed by atoms with van der Waals surface area (Å²) in [6.07, 6.45) is 3.49. The maximum Gasteiger partial charge on any atom is 0.254 e. The van der Waals surface area contributed by atoms with Gasteiger partial charge in [-0.05, 0) is 45.2 Å². The fraction of sp³-hybridized carbons (Fsp3) is 0.500. The summed E-state index contributed by atoms with van der Waals surface area (Å²) in [5, 5.41) is 0. The first-order valence-electron chi connectivity index (χ1n) is 6.08. The summed E-state index contributed by atoms with van der Waals surface area (Å²) in [6.45, 7) is 4.30. The number of hydrogen-bond acceptors (Lipinski definition) is 1. The molecule has 1 amide bonds. The number of amides is 1. The van der Waals surface area contributed by atoms with Crippen LogP contribution >= 0.6 is 0 Å². The fourth-order valence-electron chi connectivity index (χ4n) is 2.55. The zero-order valence-corrected chi connectivity index (χ0v) is 10.0. The van der Waals surface area contributed by atoms with Crippen LogP contribution in [0, 0.1) is 0 Å². The first-order valence-corrected chi connectivity index (χ1v) is 6.08. The van der Waals surface area contributed by atoms with E-state index in [9.17, 15) is 4.79 Å². The lowest BCUT2D eigenvalue weighted by Gasteiger charge is -2.39. The van der Waals surface area contributed by atoms with Crippen molar-refractivity contribution in [2.45, 2.75) is 45.2 Å². The predicted molar refractivity (Wildman–Crippen MR) is 65.4 cm³/mol. The van der Waals surface area contributed by atoms with E-state index in [0.717, 1.165) is 18.4 Å². The molecule has 0 bridgehead atoms. The normalized spacial score (nSPS) is 25.5. The highest BCUT2D eigenvalue weighted by Gasteiger charge is 2.29. The van der Waals surface area contributed by atoms with Crippen LogP contribution in [0.2, 0.25) is 0 Å². The molecule has 2 nitrogen and oxygen atoms in total. The summed E-state index contributed by atoms with van der Waals surface area (Å²) in [7, 11) is 0. The number of carbonyl (C=O) groups is 1. The third-order valence-electron chi connectivity index (χ3n) is 3.45. The van der Waals surface area contributed by atoms with Gasteiger partial charge in [0.25, 0.3) is 5.91 Å². The Hall–Kier alpha value is -1.31. The minimum Gasteiger partial charge on any atom is -0.333 e. The van der Waals surface area contributed by atoms with E-state index in [1.807, 2.05) is 35.2 Å². The average molecular weight is 217 g/mol. The second-order valence-corrected chi connectivity index (χ2v) is 4.71. The molecule has 1 aromatic rings. The molecule has 0 aromatic heterocycles. The van der Waals surface area contributed by atoms with Crippen molar-refractivity contribution in [3.05, 3.63) is 35.9 Å². The van der Waals surface area contributed by atoms with Crippen LogP contribution in [0.25, 0.3) is 0 Å². The van der Waals surface area contributed by atoms with Gasteiger partial charge in [0.15, 0.2) is 0 Å². The molecule has 0 aliphatic carbocycles. The molecule has 1 aliphatic heterocycles. The van der Waals surface area contributed by atoms with Crippen LogP contribution in [-0.2, 0) is 0 Å². The van der Waals surface area contributed by atoms with Crippen molar-refractivity contribution in [3.63, 3.8) is 0 Å². The minimum atomic E-state index is 0.181. The molecule has 1 saturated heterocycles. The van der Waals surface area contributed by atoms with Gasteiger partial charge in [0.1, 0.15) is 0 Å². The standard InChI is InChI=1S/C14H19NO/c1-11-7-6-8-12(2)15(11)14(16)13-9-4-3-5-10-13/h3-5,9-12H,6-8H2,1-2H3/t11-,12+. The molecule has 0 radical (unpaired) electrons. The summed E-state index contributed by atoms with van der Waals surface area (Å²) in [5.74, 6) is 0.181.